The minimum atomic E-state index is -0.213. The third-order valence-corrected chi connectivity index (χ3v) is 5.51. The highest BCUT2D eigenvalue weighted by atomic mass is 19.1. The fraction of sp³-hybridized carbons (Fsp3) is 0.458. The van der Waals surface area contributed by atoms with Crippen LogP contribution in [0.25, 0.3) is 0 Å². The molecule has 168 valence electrons. The molecule has 0 aliphatic carbocycles. The lowest BCUT2D eigenvalue weighted by atomic mass is 10.0. The Hall–Kier alpha value is -2.48. The molecule has 7 heteroatoms. The Kier molecular flexibility index (Phi) is 9.27. The maximum atomic E-state index is 13.4. The van der Waals surface area contributed by atoms with Gasteiger partial charge in [-0.2, -0.15) is 0 Å². The maximum absolute atomic E-state index is 13.4. The Morgan fingerprint density at radius 3 is 2.48 bits per heavy atom. The number of aliphatic imine (C=N–C) groups is 1. The van der Waals surface area contributed by atoms with Crippen molar-refractivity contribution in [2.75, 3.05) is 60.0 Å². The molecule has 2 N–H and O–H groups in total. The van der Waals surface area contributed by atoms with E-state index >= 15 is 0 Å². The highest BCUT2D eigenvalue weighted by Gasteiger charge is 2.23. The van der Waals surface area contributed by atoms with E-state index in [0.717, 1.165) is 57.5 Å². The van der Waals surface area contributed by atoms with Gasteiger partial charge in [0.05, 0.1) is 19.3 Å². The van der Waals surface area contributed by atoms with Gasteiger partial charge in [-0.1, -0.05) is 42.5 Å². The predicted molar refractivity (Wildman–Crippen MR) is 124 cm³/mol. The molecule has 2 aromatic carbocycles. The summed E-state index contributed by atoms with van der Waals surface area (Å²) in [5, 5.41) is 6.85. The van der Waals surface area contributed by atoms with E-state index in [4.69, 9.17) is 4.74 Å². The number of nitrogens with one attached hydrogen (secondary N) is 2. The largest absolute Gasteiger partial charge is 0.379 e. The number of hydrogen-bond acceptors (Lipinski definition) is 4. The molecule has 0 radical (unpaired) electrons. The van der Waals surface area contributed by atoms with Crippen molar-refractivity contribution in [3.05, 3.63) is 71.5 Å². The van der Waals surface area contributed by atoms with Crippen molar-refractivity contribution in [3.63, 3.8) is 0 Å². The molecule has 6 nitrogen and oxygen atoms in total. The van der Waals surface area contributed by atoms with E-state index in [-0.39, 0.29) is 11.9 Å². The van der Waals surface area contributed by atoms with Gasteiger partial charge in [0.15, 0.2) is 5.96 Å². The number of likely N-dealkylation sites (N-methyl/N-ethyl adjacent to an activating group) is 1. The molecule has 0 aromatic heterocycles. The van der Waals surface area contributed by atoms with Crippen molar-refractivity contribution >= 4 is 5.96 Å². The molecule has 0 bridgehead atoms. The Bertz CT molecular complexity index is 793. The summed E-state index contributed by atoms with van der Waals surface area (Å²) in [6, 6.07) is 17.4. The molecule has 1 fully saturated rings. The van der Waals surface area contributed by atoms with E-state index in [0.29, 0.717) is 6.54 Å². The molecule has 3 rings (SSSR count). The smallest absolute Gasteiger partial charge is 0.191 e. The fourth-order valence-corrected chi connectivity index (χ4v) is 3.79. The minimum Gasteiger partial charge on any atom is -0.379 e. The monoisotopic (exact) mass is 427 g/mol. The minimum absolute atomic E-state index is 0.129. The van der Waals surface area contributed by atoms with Gasteiger partial charge in [-0.3, -0.25) is 9.89 Å². The van der Waals surface area contributed by atoms with Crippen molar-refractivity contribution in [2.45, 2.75) is 12.6 Å². The molecule has 1 unspecified atom stereocenters. The van der Waals surface area contributed by atoms with Gasteiger partial charge in [0, 0.05) is 46.3 Å². The first kappa shape index (κ1) is 23.2. The molecule has 0 saturated carbocycles. The van der Waals surface area contributed by atoms with Crippen LogP contribution in [0.1, 0.15) is 17.2 Å². The van der Waals surface area contributed by atoms with Crippen LogP contribution in [-0.4, -0.2) is 75.8 Å². The van der Waals surface area contributed by atoms with Crippen LogP contribution in [0.4, 0.5) is 4.39 Å². The highest BCUT2D eigenvalue weighted by molar-refractivity contribution is 5.79. The molecule has 31 heavy (non-hydrogen) atoms. The van der Waals surface area contributed by atoms with Crippen LogP contribution < -0.4 is 10.6 Å². The third-order valence-electron chi connectivity index (χ3n) is 5.51. The SMILES string of the molecule is CN=C(NCCN(C)Cc1ccccc1)NCC(c1ccc(F)cc1)N1CCOCC1. The molecule has 1 saturated heterocycles. The molecular weight excluding hydrogens is 393 g/mol. The summed E-state index contributed by atoms with van der Waals surface area (Å²) in [7, 11) is 3.90. The van der Waals surface area contributed by atoms with Crippen molar-refractivity contribution in [2.24, 2.45) is 4.99 Å². The van der Waals surface area contributed by atoms with Crippen LogP contribution in [0.5, 0.6) is 0 Å². The number of ether oxygens (including phenoxy) is 1. The predicted octanol–water partition coefficient (Wildman–Crippen LogP) is 2.50. The molecule has 1 aliphatic heterocycles. The van der Waals surface area contributed by atoms with Crippen molar-refractivity contribution < 1.29 is 9.13 Å². The van der Waals surface area contributed by atoms with Crippen LogP contribution >= 0.6 is 0 Å². The summed E-state index contributed by atoms with van der Waals surface area (Å²) in [5.74, 6) is 0.558. The molecular formula is C24H34FN5O. The first-order chi connectivity index (χ1) is 15.2. The summed E-state index contributed by atoms with van der Waals surface area (Å²) in [6.07, 6.45) is 0. The Morgan fingerprint density at radius 2 is 1.81 bits per heavy atom. The number of hydrogen-bond donors (Lipinski definition) is 2. The second-order valence-corrected chi connectivity index (χ2v) is 7.82. The second kappa shape index (κ2) is 12.4. The van der Waals surface area contributed by atoms with Gasteiger partial charge >= 0.3 is 0 Å². The van der Waals surface area contributed by atoms with E-state index in [1.54, 1.807) is 7.05 Å². The number of nitrogens with zero attached hydrogens (tertiary/aromatic N) is 3. The van der Waals surface area contributed by atoms with Gasteiger partial charge in [-0.05, 0) is 30.3 Å². The fourth-order valence-electron chi connectivity index (χ4n) is 3.79. The van der Waals surface area contributed by atoms with Crippen molar-refractivity contribution in [1.29, 1.82) is 0 Å². The number of benzene rings is 2. The average molecular weight is 428 g/mol. The quantitative estimate of drug-likeness (QED) is 0.476. The molecule has 1 atom stereocenters. The lowest BCUT2D eigenvalue weighted by Gasteiger charge is -2.35. The van der Waals surface area contributed by atoms with Gasteiger partial charge in [0.25, 0.3) is 0 Å². The summed E-state index contributed by atoms with van der Waals surface area (Å²) in [5.41, 5.74) is 2.40. The normalized spacial score (nSPS) is 16.3. The second-order valence-electron chi connectivity index (χ2n) is 7.82. The third kappa shape index (κ3) is 7.61. The zero-order valence-electron chi connectivity index (χ0n) is 18.6. The van der Waals surface area contributed by atoms with Gasteiger partial charge in [-0.15, -0.1) is 0 Å². The van der Waals surface area contributed by atoms with Crippen LogP contribution in [0.3, 0.4) is 0 Å². The zero-order chi connectivity index (χ0) is 21.9. The summed E-state index contributed by atoms with van der Waals surface area (Å²) in [4.78, 5) is 9.03. The standard InChI is InChI=1S/C24H34FN5O/c1-26-24(27-12-13-29(2)19-20-6-4-3-5-7-20)28-18-23(30-14-16-31-17-15-30)21-8-10-22(25)11-9-21/h3-11,23H,12-19H2,1-2H3,(H2,26,27,28). The number of rotatable bonds is 9. The number of guanidine groups is 1. The lowest BCUT2D eigenvalue weighted by molar-refractivity contribution is 0.0170. The highest BCUT2D eigenvalue weighted by Crippen LogP contribution is 2.21. The van der Waals surface area contributed by atoms with E-state index in [1.807, 2.05) is 18.2 Å². The maximum Gasteiger partial charge on any atom is 0.191 e. The lowest BCUT2D eigenvalue weighted by Crippen LogP contribution is -2.47. The van der Waals surface area contributed by atoms with Crippen LogP contribution in [-0.2, 0) is 11.3 Å². The molecule has 1 aliphatic rings. The molecule has 0 spiro atoms. The van der Waals surface area contributed by atoms with E-state index in [9.17, 15) is 4.39 Å². The molecule has 1 heterocycles. The Morgan fingerprint density at radius 1 is 1.10 bits per heavy atom. The Labute approximate surface area is 185 Å². The van der Waals surface area contributed by atoms with Crippen LogP contribution in [0, 0.1) is 5.82 Å². The topological polar surface area (TPSA) is 52.1 Å². The first-order valence-electron chi connectivity index (χ1n) is 10.9. The van der Waals surface area contributed by atoms with E-state index in [1.165, 1.54) is 17.7 Å². The number of halogens is 1. The summed E-state index contributed by atoms with van der Waals surface area (Å²) in [6.45, 7) is 6.46. The van der Waals surface area contributed by atoms with E-state index < -0.39 is 0 Å². The Balaban J connectivity index is 1.49. The summed E-state index contributed by atoms with van der Waals surface area (Å²) >= 11 is 0. The molecule has 0 amide bonds. The van der Waals surface area contributed by atoms with Crippen molar-refractivity contribution in [1.82, 2.24) is 20.4 Å². The van der Waals surface area contributed by atoms with Crippen LogP contribution in [0.2, 0.25) is 0 Å². The molecule has 2 aromatic rings. The van der Waals surface area contributed by atoms with Gasteiger partial charge in [0.2, 0.25) is 0 Å². The number of morpholine rings is 1. The average Bonchev–Trinajstić information content (AvgIpc) is 2.80. The van der Waals surface area contributed by atoms with Gasteiger partial charge < -0.3 is 20.3 Å². The summed E-state index contributed by atoms with van der Waals surface area (Å²) < 4.78 is 18.9. The van der Waals surface area contributed by atoms with Gasteiger partial charge in [-0.25, -0.2) is 4.39 Å². The zero-order valence-corrected chi connectivity index (χ0v) is 18.6. The van der Waals surface area contributed by atoms with Crippen molar-refractivity contribution in [3.8, 4) is 0 Å². The van der Waals surface area contributed by atoms with Crippen LogP contribution in [0.15, 0.2) is 59.6 Å². The van der Waals surface area contributed by atoms with Gasteiger partial charge in [0.1, 0.15) is 5.82 Å². The van der Waals surface area contributed by atoms with E-state index in [2.05, 4.69) is 56.7 Å². The first-order valence-corrected chi connectivity index (χ1v) is 10.9.